The van der Waals surface area contributed by atoms with E-state index in [1.165, 1.54) is 0 Å². The van der Waals surface area contributed by atoms with Gasteiger partial charge in [-0.05, 0) is 17.5 Å². The highest BCUT2D eigenvalue weighted by atomic mass is 16.1. The third kappa shape index (κ3) is 1.35. The van der Waals surface area contributed by atoms with Crippen LogP contribution in [0.1, 0.15) is 48.3 Å². The van der Waals surface area contributed by atoms with Crippen molar-refractivity contribution in [3.63, 3.8) is 0 Å². The fourth-order valence-electron chi connectivity index (χ4n) is 1.85. The van der Waals surface area contributed by atoms with Gasteiger partial charge in [0.05, 0.1) is 5.69 Å². The number of carbonyl (C=O) groups is 1. The second kappa shape index (κ2) is 3.19. The molecule has 2 heteroatoms. The first-order chi connectivity index (χ1) is 6.59. The second-order valence-corrected chi connectivity index (χ2v) is 4.39. The van der Waals surface area contributed by atoms with E-state index >= 15 is 0 Å². The standard InChI is InChI=1S/C12H15NO/c1-7(2)9-5-10-11(13-6-9)4-8(3)12(10)14/h5-8H,4H2,1-3H3. The molecule has 1 atom stereocenters. The number of carbonyl (C=O) groups excluding carboxylic acids is 1. The average Bonchev–Trinajstić information content (AvgIpc) is 2.43. The van der Waals surface area contributed by atoms with E-state index in [1.54, 1.807) is 0 Å². The number of rotatable bonds is 1. The summed E-state index contributed by atoms with van der Waals surface area (Å²) in [6, 6.07) is 2.01. The summed E-state index contributed by atoms with van der Waals surface area (Å²) in [4.78, 5) is 16.1. The van der Waals surface area contributed by atoms with Gasteiger partial charge in [-0.3, -0.25) is 9.78 Å². The van der Waals surface area contributed by atoms with Gasteiger partial charge in [0.2, 0.25) is 0 Å². The van der Waals surface area contributed by atoms with Gasteiger partial charge in [-0.15, -0.1) is 0 Å². The SMILES string of the molecule is CC1Cc2ncc(C(C)C)cc2C1=O. The third-order valence-electron chi connectivity index (χ3n) is 2.87. The van der Waals surface area contributed by atoms with E-state index in [0.29, 0.717) is 5.92 Å². The largest absolute Gasteiger partial charge is 0.294 e. The van der Waals surface area contributed by atoms with Gasteiger partial charge in [-0.2, -0.15) is 0 Å². The molecule has 0 spiro atoms. The van der Waals surface area contributed by atoms with E-state index in [2.05, 4.69) is 18.8 Å². The zero-order valence-electron chi connectivity index (χ0n) is 8.87. The molecular weight excluding hydrogens is 174 g/mol. The zero-order chi connectivity index (χ0) is 10.3. The van der Waals surface area contributed by atoms with Crippen molar-refractivity contribution in [3.8, 4) is 0 Å². The van der Waals surface area contributed by atoms with Crippen LogP contribution in [-0.4, -0.2) is 10.8 Å². The van der Waals surface area contributed by atoms with Crippen molar-refractivity contribution >= 4 is 5.78 Å². The first-order valence-electron chi connectivity index (χ1n) is 5.12. The van der Waals surface area contributed by atoms with Crippen molar-refractivity contribution in [1.82, 2.24) is 4.98 Å². The van der Waals surface area contributed by atoms with E-state index < -0.39 is 0 Å². The van der Waals surface area contributed by atoms with E-state index in [-0.39, 0.29) is 11.7 Å². The van der Waals surface area contributed by atoms with Gasteiger partial charge >= 0.3 is 0 Å². The lowest BCUT2D eigenvalue weighted by Crippen LogP contribution is -2.03. The number of fused-ring (bicyclic) bond motifs is 1. The quantitative estimate of drug-likeness (QED) is 0.679. The van der Waals surface area contributed by atoms with Gasteiger partial charge in [0.1, 0.15) is 0 Å². The van der Waals surface area contributed by atoms with Crippen molar-refractivity contribution in [2.24, 2.45) is 5.92 Å². The summed E-state index contributed by atoms with van der Waals surface area (Å²) >= 11 is 0. The van der Waals surface area contributed by atoms with Crippen molar-refractivity contribution in [3.05, 3.63) is 29.1 Å². The van der Waals surface area contributed by atoms with Gasteiger partial charge in [0.15, 0.2) is 5.78 Å². The minimum absolute atomic E-state index is 0.125. The zero-order valence-corrected chi connectivity index (χ0v) is 8.87. The molecule has 1 heterocycles. The van der Waals surface area contributed by atoms with Crippen molar-refractivity contribution in [1.29, 1.82) is 0 Å². The molecule has 1 unspecified atom stereocenters. The van der Waals surface area contributed by atoms with E-state index in [1.807, 2.05) is 19.2 Å². The molecule has 0 bridgehead atoms. The Morgan fingerprint density at radius 3 is 2.86 bits per heavy atom. The minimum atomic E-state index is 0.125. The number of hydrogen-bond donors (Lipinski definition) is 0. The van der Waals surface area contributed by atoms with Crippen LogP contribution in [0, 0.1) is 5.92 Å². The normalized spacial score (nSPS) is 20.3. The van der Waals surface area contributed by atoms with Crippen LogP contribution in [0.3, 0.4) is 0 Å². The summed E-state index contributed by atoms with van der Waals surface area (Å²) in [6.07, 6.45) is 2.71. The van der Waals surface area contributed by atoms with Gasteiger partial charge in [0.25, 0.3) is 0 Å². The molecule has 2 nitrogen and oxygen atoms in total. The molecule has 2 rings (SSSR count). The lowest BCUT2D eigenvalue weighted by atomic mass is 10.0. The number of hydrogen-bond acceptors (Lipinski definition) is 2. The molecule has 0 saturated heterocycles. The third-order valence-corrected chi connectivity index (χ3v) is 2.87. The van der Waals surface area contributed by atoms with Crippen LogP contribution in [-0.2, 0) is 6.42 Å². The first kappa shape index (κ1) is 9.38. The van der Waals surface area contributed by atoms with E-state index in [9.17, 15) is 4.79 Å². The van der Waals surface area contributed by atoms with Crippen molar-refractivity contribution in [2.75, 3.05) is 0 Å². The number of Topliss-reactive ketones (excluding diaryl/α,β-unsaturated/α-hetero) is 1. The Hall–Kier alpha value is -1.18. The highest BCUT2D eigenvalue weighted by molar-refractivity contribution is 6.01. The molecule has 0 amide bonds. The lowest BCUT2D eigenvalue weighted by molar-refractivity contribution is 0.0946. The lowest BCUT2D eigenvalue weighted by Gasteiger charge is -2.05. The Labute approximate surface area is 84.4 Å². The second-order valence-electron chi connectivity index (χ2n) is 4.39. The monoisotopic (exact) mass is 189 g/mol. The maximum absolute atomic E-state index is 11.7. The Bertz CT molecular complexity index is 382. The smallest absolute Gasteiger partial charge is 0.167 e. The number of ketones is 1. The fraction of sp³-hybridized carbons (Fsp3) is 0.500. The first-order valence-corrected chi connectivity index (χ1v) is 5.12. The molecule has 74 valence electrons. The Kier molecular flexibility index (Phi) is 2.14. The van der Waals surface area contributed by atoms with Crippen LogP contribution in [0.25, 0.3) is 0 Å². The highest BCUT2D eigenvalue weighted by Crippen LogP contribution is 2.27. The van der Waals surface area contributed by atoms with Crippen LogP contribution < -0.4 is 0 Å². The van der Waals surface area contributed by atoms with Gasteiger partial charge < -0.3 is 0 Å². The summed E-state index contributed by atoms with van der Waals surface area (Å²) in [5.41, 5.74) is 2.99. The summed E-state index contributed by atoms with van der Waals surface area (Å²) in [5, 5.41) is 0. The summed E-state index contributed by atoms with van der Waals surface area (Å²) in [6.45, 7) is 6.21. The molecule has 0 fully saturated rings. The van der Waals surface area contributed by atoms with Crippen molar-refractivity contribution in [2.45, 2.75) is 33.1 Å². The topological polar surface area (TPSA) is 30.0 Å². The van der Waals surface area contributed by atoms with E-state index in [4.69, 9.17) is 0 Å². The number of nitrogens with zero attached hydrogens (tertiary/aromatic N) is 1. The van der Waals surface area contributed by atoms with Crippen LogP contribution in [0.4, 0.5) is 0 Å². The maximum atomic E-state index is 11.7. The maximum Gasteiger partial charge on any atom is 0.167 e. The van der Waals surface area contributed by atoms with Gasteiger partial charge in [-0.1, -0.05) is 20.8 Å². The van der Waals surface area contributed by atoms with Crippen LogP contribution in [0.5, 0.6) is 0 Å². The van der Waals surface area contributed by atoms with Crippen LogP contribution in [0.2, 0.25) is 0 Å². The minimum Gasteiger partial charge on any atom is -0.294 e. The average molecular weight is 189 g/mol. The van der Waals surface area contributed by atoms with Gasteiger partial charge in [-0.25, -0.2) is 0 Å². The number of pyridine rings is 1. The molecular formula is C12H15NO. The Balaban J connectivity index is 2.46. The molecule has 1 aliphatic rings. The van der Waals surface area contributed by atoms with Crippen LogP contribution >= 0.6 is 0 Å². The summed E-state index contributed by atoms with van der Waals surface area (Å²) < 4.78 is 0. The van der Waals surface area contributed by atoms with Crippen molar-refractivity contribution < 1.29 is 4.79 Å². The highest BCUT2D eigenvalue weighted by Gasteiger charge is 2.28. The fourth-order valence-corrected chi connectivity index (χ4v) is 1.85. The van der Waals surface area contributed by atoms with E-state index in [0.717, 1.165) is 23.2 Å². The molecule has 0 radical (unpaired) electrons. The molecule has 0 N–H and O–H groups in total. The molecule has 14 heavy (non-hydrogen) atoms. The molecule has 1 aromatic heterocycles. The van der Waals surface area contributed by atoms with Crippen LogP contribution in [0.15, 0.2) is 12.3 Å². The number of aromatic nitrogens is 1. The predicted octanol–water partition coefficient (Wildman–Crippen LogP) is 2.58. The Morgan fingerprint density at radius 1 is 1.50 bits per heavy atom. The summed E-state index contributed by atoms with van der Waals surface area (Å²) in [5.74, 6) is 0.825. The predicted molar refractivity (Wildman–Crippen MR) is 55.5 cm³/mol. The molecule has 0 saturated carbocycles. The molecule has 0 aliphatic heterocycles. The Morgan fingerprint density at radius 2 is 2.21 bits per heavy atom. The molecule has 0 aromatic carbocycles. The van der Waals surface area contributed by atoms with Gasteiger partial charge in [0, 0.05) is 24.1 Å². The summed E-state index contributed by atoms with van der Waals surface area (Å²) in [7, 11) is 0. The molecule has 1 aromatic rings. The molecule has 1 aliphatic carbocycles.